The van der Waals surface area contributed by atoms with Gasteiger partial charge in [0.1, 0.15) is 29.0 Å². The second-order valence-corrected chi connectivity index (χ2v) is 11.0. The lowest BCUT2D eigenvalue weighted by Crippen LogP contribution is -2.63. The highest BCUT2D eigenvalue weighted by molar-refractivity contribution is 6.24. The molecule has 1 fully saturated rings. The Morgan fingerprint density at radius 1 is 1.18 bits per heavy atom. The van der Waals surface area contributed by atoms with Gasteiger partial charge in [-0.05, 0) is 62.9 Å². The van der Waals surface area contributed by atoms with Crippen LogP contribution in [0.2, 0.25) is 0 Å². The summed E-state index contributed by atoms with van der Waals surface area (Å²) in [6, 6.07) is 2.09. The molecule has 1 heterocycles. The number of ketones is 2. The molecule has 3 aliphatic carbocycles. The van der Waals surface area contributed by atoms with Crippen LogP contribution in [0.3, 0.4) is 0 Å². The summed E-state index contributed by atoms with van der Waals surface area (Å²) in [5.41, 5.74) is 3.06. The van der Waals surface area contributed by atoms with Gasteiger partial charge in [-0.1, -0.05) is 6.07 Å². The zero-order valence-corrected chi connectivity index (χ0v) is 21.3. The van der Waals surface area contributed by atoms with Crippen LogP contribution in [0.15, 0.2) is 34.8 Å². The number of alkyl halides is 1. The van der Waals surface area contributed by atoms with E-state index in [1.807, 2.05) is 0 Å². The number of nitrogens with zero attached hydrogens (tertiary/aromatic N) is 2. The minimum atomic E-state index is -2.66. The summed E-state index contributed by atoms with van der Waals surface area (Å²) in [7, 11) is 3.17. The van der Waals surface area contributed by atoms with Gasteiger partial charge in [0.15, 0.2) is 11.4 Å². The quantitative estimate of drug-likeness (QED) is 0.359. The molecule has 5 rings (SSSR count). The fourth-order valence-electron chi connectivity index (χ4n) is 6.76. The molecule has 38 heavy (non-hydrogen) atoms. The van der Waals surface area contributed by atoms with Crippen molar-refractivity contribution in [3.05, 3.63) is 51.5 Å². The monoisotopic (exact) mass is 529 g/mol. The van der Waals surface area contributed by atoms with E-state index in [-0.39, 0.29) is 29.7 Å². The molecule has 6 N–H and O–H groups in total. The normalized spacial score (nSPS) is 30.4. The summed E-state index contributed by atoms with van der Waals surface area (Å²) >= 11 is 0. The summed E-state index contributed by atoms with van der Waals surface area (Å²) in [5, 5.41) is 44.5. The maximum Gasteiger partial charge on any atom is 0.255 e. The first-order valence-electron chi connectivity index (χ1n) is 12.7. The summed E-state index contributed by atoms with van der Waals surface area (Å²) in [6.07, 6.45) is 0.285. The van der Waals surface area contributed by atoms with Crippen molar-refractivity contribution in [1.82, 2.24) is 9.80 Å². The number of aliphatic hydroxyl groups is 3. The number of Topliss-reactive ketones (excluding diaryl/α,β-unsaturated/α-hetero) is 2. The van der Waals surface area contributed by atoms with Crippen LogP contribution >= 0.6 is 0 Å². The van der Waals surface area contributed by atoms with Gasteiger partial charge in [-0.2, -0.15) is 0 Å². The van der Waals surface area contributed by atoms with Gasteiger partial charge >= 0.3 is 0 Å². The number of amides is 1. The minimum absolute atomic E-state index is 0.0105. The standard InChI is InChI=1S/C27H32FN3O7/c1-30(2)21-16-10-13-9-15-12(11-31-7-5-14(28)6-8-31)3-4-17(32)19(15)22(33)18(13)24(35)27(16,38)25(36)20(23(21)34)26(29)37/h3-4,13-14,16,21,32,34-35,38H,5-11H2,1-2H3,(H2,29,37)/t13-,16-,21-,27-/m0/s1. The smallest absolute Gasteiger partial charge is 0.255 e. The van der Waals surface area contributed by atoms with Crippen molar-refractivity contribution in [1.29, 1.82) is 0 Å². The van der Waals surface area contributed by atoms with E-state index in [9.17, 15) is 39.2 Å². The van der Waals surface area contributed by atoms with E-state index in [0.29, 0.717) is 38.0 Å². The van der Waals surface area contributed by atoms with Crippen LogP contribution in [0, 0.1) is 11.8 Å². The minimum Gasteiger partial charge on any atom is -0.510 e. The van der Waals surface area contributed by atoms with Gasteiger partial charge in [0.05, 0.1) is 11.6 Å². The molecule has 4 aliphatic rings. The lowest BCUT2D eigenvalue weighted by molar-refractivity contribution is -0.148. The summed E-state index contributed by atoms with van der Waals surface area (Å²) < 4.78 is 13.6. The number of rotatable bonds is 4. The van der Waals surface area contributed by atoms with E-state index in [2.05, 4.69) is 4.90 Å². The van der Waals surface area contributed by atoms with Crippen LogP contribution in [0.5, 0.6) is 5.75 Å². The number of likely N-dealkylation sites (N-methyl/N-ethyl adjacent to an activating group) is 1. The van der Waals surface area contributed by atoms with Gasteiger partial charge in [0, 0.05) is 31.1 Å². The van der Waals surface area contributed by atoms with Gasteiger partial charge in [0.25, 0.3) is 5.91 Å². The molecule has 0 spiro atoms. The Bertz CT molecular complexity index is 1300. The number of likely N-dealkylation sites (tertiary alicyclic amines) is 1. The number of aliphatic hydroxyl groups excluding tert-OH is 2. The number of hydrogen-bond acceptors (Lipinski definition) is 9. The Hall–Kier alpha value is -3.28. The molecule has 10 nitrogen and oxygen atoms in total. The number of allylic oxidation sites excluding steroid dienone is 1. The molecule has 1 amide bonds. The molecule has 0 aromatic heterocycles. The molecule has 1 saturated heterocycles. The number of phenolic OH excluding ortho intramolecular Hbond substituents is 1. The fourth-order valence-corrected chi connectivity index (χ4v) is 6.76. The number of aromatic hydroxyl groups is 1. The summed E-state index contributed by atoms with van der Waals surface area (Å²) in [6.45, 7) is 1.59. The van der Waals surface area contributed by atoms with Crippen molar-refractivity contribution in [3.8, 4) is 5.75 Å². The first-order chi connectivity index (χ1) is 17.9. The van der Waals surface area contributed by atoms with Gasteiger partial charge < -0.3 is 26.2 Å². The molecule has 11 heteroatoms. The number of hydrogen-bond donors (Lipinski definition) is 5. The van der Waals surface area contributed by atoms with Crippen LogP contribution in [-0.4, -0.2) is 92.7 Å². The Morgan fingerprint density at radius 3 is 2.45 bits per heavy atom. The number of carbonyl (C=O) groups excluding carboxylic acids is 3. The number of benzene rings is 1. The van der Waals surface area contributed by atoms with Crippen LogP contribution in [0.1, 0.15) is 40.7 Å². The number of primary amides is 1. The molecule has 0 radical (unpaired) electrons. The highest BCUT2D eigenvalue weighted by atomic mass is 19.1. The Morgan fingerprint density at radius 2 is 1.84 bits per heavy atom. The van der Waals surface area contributed by atoms with E-state index in [4.69, 9.17) is 5.73 Å². The van der Waals surface area contributed by atoms with E-state index in [1.54, 1.807) is 20.2 Å². The zero-order valence-electron chi connectivity index (χ0n) is 21.3. The molecule has 0 unspecified atom stereocenters. The predicted molar refractivity (Wildman–Crippen MR) is 133 cm³/mol. The molecule has 4 atom stereocenters. The molecule has 1 aromatic rings. The number of halogens is 1. The molecule has 204 valence electrons. The molecule has 0 saturated carbocycles. The third-order valence-electron chi connectivity index (χ3n) is 8.61. The highest BCUT2D eigenvalue weighted by Gasteiger charge is 2.63. The average Bonchev–Trinajstić information content (AvgIpc) is 2.84. The molecular formula is C27H32FN3O7. The van der Waals surface area contributed by atoms with E-state index in [0.717, 1.165) is 5.56 Å². The molecule has 1 aliphatic heterocycles. The first-order valence-corrected chi connectivity index (χ1v) is 12.7. The maximum absolute atomic E-state index is 13.8. The van der Waals surface area contributed by atoms with Gasteiger partial charge in [-0.3, -0.25) is 24.2 Å². The number of phenols is 1. The second-order valence-electron chi connectivity index (χ2n) is 11.0. The van der Waals surface area contributed by atoms with Gasteiger partial charge in [-0.15, -0.1) is 0 Å². The Kier molecular flexibility index (Phi) is 6.36. The van der Waals surface area contributed by atoms with E-state index < -0.39 is 64.2 Å². The van der Waals surface area contributed by atoms with Crippen LogP contribution in [0.4, 0.5) is 4.39 Å². The SMILES string of the molecule is CN(C)[C@@H]1C(O)=C(C(N)=O)C(=O)[C@@]2(O)C(O)=C3C(=O)c4c(O)ccc(CN5CCC(F)CC5)c4C[C@H]3C[C@@H]12. The van der Waals surface area contributed by atoms with Crippen molar-refractivity contribution in [3.63, 3.8) is 0 Å². The Labute approximate surface area is 218 Å². The maximum atomic E-state index is 13.8. The topological polar surface area (TPSA) is 165 Å². The Balaban J connectivity index is 1.61. The molecule has 1 aromatic carbocycles. The lowest BCUT2D eigenvalue weighted by Gasteiger charge is -2.50. The van der Waals surface area contributed by atoms with Crippen LogP contribution < -0.4 is 5.73 Å². The van der Waals surface area contributed by atoms with E-state index >= 15 is 0 Å². The van der Waals surface area contributed by atoms with Gasteiger partial charge in [0.2, 0.25) is 5.78 Å². The predicted octanol–water partition coefficient (Wildman–Crippen LogP) is 1.05. The van der Waals surface area contributed by atoms with Crippen molar-refractivity contribution in [2.45, 2.75) is 50.0 Å². The summed E-state index contributed by atoms with van der Waals surface area (Å²) in [5.74, 6) is -6.71. The zero-order chi connectivity index (χ0) is 27.7. The second kappa shape index (κ2) is 9.18. The third-order valence-corrected chi connectivity index (χ3v) is 8.61. The van der Waals surface area contributed by atoms with Crippen molar-refractivity contribution in [2.75, 3.05) is 27.2 Å². The first kappa shape index (κ1) is 26.3. The molecular weight excluding hydrogens is 497 g/mol. The largest absolute Gasteiger partial charge is 0.510 e. The number of piperidine rings is 1. The van der Waals surface area contributed by atoms with Crippen LogP contribution in [0.25, 0.3) is 0 Å². The van der Waals surface area contributed by atoms with Crippen molar-refractivity contribution in [2.24, 2.45) is 17.6 Å². The number of fused-ring (bicyclic) bond motifs is 3. The van der Waals surface area contributed by atoms with Gasteiger partial charge in [-0.25, -0.2) is 4.39 Å². The lowest BCUT2D eigenvalue weighted by atomic mass is 9.58. The third kappa shape index (κ3) is 3.75. The van der Waals surface area contributed by atoms with Crippen molar-refractivity contribution >= 4 is 17.5 Å². The number of carbonyl (C=O) groups is 3. The highest BCUT2D eigenvalue weighted by Crippen LogP contribution is 2.52. The average molecular weight is 530 g/mol. The van der Waals surface area contributed by atoms with Crippen molar-refractivity contribution < 1.29 is 39.2 Å². The molecule has 0 bridgehead atoms. The van der Waals surface area contributed by atoms with E-state index in [1.165, 1.54) is 11.0 Å². The van der Waals surface area contributed by atoms with Crippen LogP contribution in [-0.2, 0) is 22.6 Å². The fraction of sp³-hybridized carbons (Fsp3) is 0.519. The number of nitrogens with two attached hydrogens (primary N) is 1. The summed E-state index contributed by atoms with van der Waals surface area (Å²) in [4.78, 5) is 42.8.